The lowest BCUT2D eigenvalue weighted by molar-refractivity contribution is -0.124. The van der Waals surface area contributed by atoms with E-state index in [1.54, 1.807) is 24.3 Å². The van der Waals surface area contributed by atoms with Gasteiger partial charge in [-0.25, -0.2) is 0 Å². The van der Waals surface area contributed by atoms with Gasteiger partial charge in [0.2, 0.25) is 5.91 Å². The maximum Gasteiger partial charge on any atom is 0.237 e. The summed E-state index contributed by atoms with van der Waals surface area (Å²) in [4.78, 5) is 12.1. The highest BCUT2D eigenvalue weighted by atomic mass is 16.3. The normalized spacial score (nSPS) is 17.1. The topological polar surface area (TPSA) is 73.1 Å². The van der Waals surface area contributed by atoms with Crippen LogP contribution in [-0.4, -0.2) is 17.1 Å². The second kappa shape index (κ2) is 6.95. The monoisotopic (exact) mass is 272 g/mol. The highest BCUT2D eigenvalue weighted by molar-refractivity contribution is 5.81. The minimum Gasteiger partial charge on any atom is -0.508 e. The number of rotatable bonds is 4. The standard InChI is InChI=1S/C16H20N2O2/c17-11-13(10-12-6-8-15(19)9-7-12)16(20)18-14-4-2-1-3-5-14/h6-9,13-14,19H,1-5,10H2,(H,18,20). The van der Waals surface area contributed by atoms with Gasteiger partial charge < -0.3 is 10.4 Å². The summed E-state index contributed by atoms with van der Waals surface area (Å²) in [6, 6.07) is 8.94. The summed E-state index contributed by atoms with van der Waals surface area (Å²) in [7, 11) is 0. The quantitative estimate of drug-likeness (QED) is 0.884. The van der Waals surface area contributed by atoms with Crippen LogP contribution in [0.5, 0.6) is 5.75 Å². The molecule has 1 unspecified atom stereocenters. The Morgan fingerprint density at radius 1 is 1.30 bits per heavy atom. The number of benzene rings is 1. The second-order valence-electron chi connectivity index (χ2n) is 5.40. The molecular formula is C16H20N2O2. The second-order valence-corrected chi connectivity index (χ2v) is 5.40. The Kier molecular flexibility index (Phi) is 5.00. The summed E-state index contributed by atoms with van der Waals surface area (Å²) in [5.41, 5.74) is 0.883. The molecule has 106 valence electrons. The molecule has 0 saturated heterocycles. The van der Waals surface area contributed by atoms with Crippen molar-refractivity contribution >= 4 is 5.91 Å². The first kappa shape index (κ1) is 14.4. The van der Waals surface area contributed by atoms with Gasteiger partial charge in [0.05, 0.1) is 6.07 Å². The van der Waals surface area contributed by atoms with Crippen LogP contribution in [0.4, 0.5) is 0 Å². The Morgan fingerprint density at radius 3 is 2.55 bits per heavy atom. The van der Waals surface area contributed by atoms with Crippen LogP contribution in [0.1, 0.15) is 37.7 Å². The van der Waals surface area contributed by atoms with Crippen molar-refractivity contribution < 1.29 is 9.90 Å². The Bertz CT molecular complexity index is 484. The number of aromatic hydroxyl groups is 1. The van der Waals surface area contributed by atoms with Crippen molar-refractivity contribution in [3.63, 3.8) is 0 Å². The van der Waals surface area contributed by atoms with Gasteiger partial charge in [0.25, 0.3) is 0 Å². The third kappa shape index (κ3) is 3.99. The molecule has 1 fully saturated rings. The van der Waals surface area contributed by atoms with E-state index in [-0.39, 0.29) is 17.7 Å². The van der Waals surface area contributed by atoms with Gasteiger partial charge in [-0.1, -0.05) is 31.4 Å². The maximum atomic E-state index is 12.1. The van der Waals surface area contributed by atoms with E-state index in [0.29, 0.717) is 6.42 Å². The van der Waals surface area contributed by atoms with Crippen LogP contribution in [0, 0.1) is 17.2 Å². The Hall–Kier alpha value is -2.02. The number of hydrogen-bond acceptors (Lipinski definition) is 3. The summed E-state index contributed by atoms with van der Waals surface area (Å²) >= 11 is 0. The summed E-state index contributed by atoms with van der Waals surface area (Å²) in [6.45, 7) is 0. The Balaban J connectivity index is 1.91. The molecule has 0 aromatic heterocycles. The first-order valence-electron chi connectivity index (χ1n) is 7.17. The van der Waals surface area contributed by atoms with E-state index >= 15 is 0 Å². The molecule has 0 spiro atoms. The molecule has 4 nitrogen and oxygen atoms in total. The van der Waals surface area contributed by atoms with Gasteiger partial charge in [-0.05, 0) is 37.0 Å². The Morgan fingerprint density at radius 2 is 1.95 bits per heavy atom. The SMILES string of the molecule is N#CC(Cc1ccc(O)cc1)C(=O)NC1CCCCC1. The summed E-state index contributed by atoms with van der Waals surface area (Å²) in [5.74, 6) is -0.650. The van der Waals surface area contributed by atoms with Gasteiger partial charge in [-0.15, -0.1) is 0 Å². The van der Waals surface area contributed by atoms with E-state index < -0.39 is 5.92 Å². The van der Waals surface area contributed by atoms with Crippen LogP contribution in [0.3, 0.4) is 0 Å². The third-order valence-electron chi connectivity index (χ3n) is 3.80. The van der Waals surface area contributed by atoms with Crippen molar-refractivity contribution in [2.75, 3.05) is 0 Å². The molecular weight excluding hydrogens is 252 g/mol. The first-order chi connectivity index (χ1) is 9.69. The summed E-state index contributed by atoms with van der Waals surface area (Å²) in [5, 5.41) is 21.4. The lowest BCUT2D eigenvalue weighted by Crippen LogP contribution is -2.40. The number of nitrogens with zero attached hydrogens (tertiary/aromatic N) is 1. The van der Waals surface area contributed by atoms with Gasteiger partial charge in [0.1, 0.15) is 11.7 Å². The number of phenolic OH excluding ortho intramolecular Hbond substituents is 1. The summed E-state index contributed by atoms with van der Waals surface area (Å²) in [6.07, 6.45) is 5.96. The van der Waals surface area contributed by atoms with Crippen LogP contribution in [0.15, 0.2) is 24.3 Å². The lowest BCUT2D eigenvalue weighted by Gasteiger charge is -2.23. The zero-order valence-corrected chi connectivity index (χ0v) is 11.5. The predicted octanol–water partition coefficient (Wildman–Crippen LogP) is 2.52. The number of hydrogen-bond donors (Lipinski definition) is 2. The molecule has 2 N–H and O–H groups in total. The minimum absolute atomic E-state index is 0.174. The van der Waals surface area contributed by atoms with Crippen molar-refractivity contribution in [3.8, 4) is 11.8 Å². The van der Waals surface area contributed by atoms with Crippen LogP contribution in [-0.2, 0) is 11.2 Å². The molecule has 1 saturated carbocycles. The van der Waals surface area contributed by atoms with E-state index in [0.717, 1.165) is 31.2 Å². The molecule has 1 aliphatic rings. The summed E-state index contributed by atoms with van der Waals surface area (Å²) < 4.78 is 0. The van der Waals surface area contributed by atoms with Gasteiger partial charge >= 0.3 is 0 Å². The van der Waals surface area contributed by atoms with Crippen molar-refractivity contribution in [2.45, 2.75) is 44.6 Å². The number of carbonyl (C=O) groups excluding carboxylic acids is 1. The zero-order chi connectivity index (χ0) is 14.4. The van der Waals surface area contributed by atoms with Crippen molar-refractivity contribution in [3.05, 3.63) is 29.8 Å². The maximum absolute atomic E-state index is 12.1. The number of nitriles is 1. The molecule has 0 heterocycles. The van der Waals surface area contributed by atoms with Crippen molar-refractivity contribution in [1.29, 1.82) is 5.26 Å². The molecule has 0 radical (unpaired) electrons. The predicted molar refractivity (Wildman–Crippen MR) is 75.9 cm³/mol. The number of nitrogens with one attached hydrogen (secondary N) is 1. The highest BCUT2D eigenvalue weighted by Crippen LogP contribution is 2.19. The highest BCUT2D eigenvalue weighted by Gasteiger charge is 2.22. The third-order valence-corrected chi connectivity index (χ3v) is 3.80. The minimum atomic E-state index is -0.665. The first-order valence-corrected chi connectivity index (χ1v) is 7.17. The lowest BCUT2D eigenvalue weighted by atomic mass is 9.94. The van der Waals surface area contributed by atoms with E-state index in [1.807, 2.05) is 0 Å². The van der Waals surface area contributed by atoms with E-state index in [4.69, 9.17) is 0 Å². The zero-order valence-electron chi connectivity index (χ0n) is 11.5. The molecule has 1 atom stereocenters. The molecule has 2 rings (SSSR count). The molecule has 1 amide bonds. The van der Waals surface area contributed by atoms with Crippen molar-refractivity contribution in [1.82, 2.24) is 5.32 Å². The van der Waals surface area contributed by atoms with Gasteiger partial charge in [-0.3, -0.25) is 4.79 Å². The Labute approximate surface area is 119 Å². The van der Waals surface area contributed by atoms with Gasteiger partial charge in [0.15, 0.2) is 0 Å². The van der Waals surface area contributed by atoms with E-state index in [9.17, 15) is 15.2 Å². The van der Waals surface area contributed by atoms with Crippen LogP contribution in [0.2, 0.25) is 0 Å². The fraction of sp³-hybridized carbons (Fsp3) is 0.500. The van der Waals surface area contributed by atoms with Crippen LogP contribution in [0.25, 0.3) is 0 Å². The van der Waals surface area contributed by atoms with Gasteiger partial charge in [-0.2, -0.15) is 5.26 Å². The van der Waals surface area contributed by atoms with Crippen LogP contribution < -0.4 is 5.32 Å². The molecule has 1 aromatic carbocycles. The van der Waals surface area contributed by atoms with Crippen LogP contribution >= 0.6 is 0 Å². The van der Waals surface area contributed by atoms with Crippen molar-refractivity contribution in [2.24, 2.45) is 5.92 Å². The number of carbonyl (C=O) groups is 1. The molecule has 0 bridgehead atoms. The van der Waals surface area contributed by atoms with E-state index in [1.165, 1.54) is 6.42 Å². The largest absolute Gasteiger partial charge is 0.508 e. The fourth-order valence-corrected chi connectivity index (χ4v) is 2.61. The average Bonchev–Trinajstić information content (AvgIpc) is 2.47. The molecule has 0 aliphatic heterocycles. The average molecular weight is 272 g/mol. The van der Waals surface area contributed by atoms with E-state index in [2.05, 4.69) is 11.4 Å². The molecule has 4 heteroatoms. The van der Waals surface area contributed by atoms with Gasteiger partial charge in [0, 0.05) is 6.04 Å². The number of amides is 1. The molecule has 1 aromatic rings. The molecule has 1 aliphatic carbocycles. The molecule has 20 heavy (non-hydrogen) atoms. The number of phenols is 1. The fourth-order valence-electron chi connectivity index (χ4n) is 2.61. The smallest absolute Gasteiger partial charge is 0.237 e.